The molecule has 58 heavy (non-hydrogen) atoms. The molecule has 8 rings (SSSR count). The number of ether oxygens (including phenoxy) is 3. The quantitative estimate of drug-likeness (QED) is 0.0518. The molecule has 0 bridgehead atoms. The van der Waals surface area contributed by atoms with E-state index in [4.69, 9.17) is 24.2 Å². The van der Waals surface area contributed by atoms with E-state index in [1.807, 2.05) is 54.6 Å². The van der Waals surface area contributed by atoms with Crippen LogP contribution in [0, 0.1) is 17.8 Å². The van der Waals surface area contributed by atoms with Gasteiger partial charge in [0.2, 0.25) is 5.79 Å². The lowest BCUT2D eigenvalue weighted by atomic mass is 9.56. The van der Waals surface area contributed by atoms with Crippen LogP contribution in [0.25, 0.3) is 10.8 Å². The van der Waals surface area contributed by atoms with Crippen LogP contribution in [0.4, 0.5) is 0 Å². The number of hydrogen-bond donors (Lipinski definition) is 2. The zero-order valence-electron chi connectivity index (χ0n) is 33.0. The van der Waals surface area contributed by atoms with E-state index in [1.54, 1.807) is 11.8 Å². The van der Waals surface area contributed by atoms with Gasteiger partial charge in [-0.1, -0.05) is 109 Å². The molecule has 0 aromatic heterocycles. The molecule has 0 unspecified atom stereocenters. The molecule has 0 saturated heterocycles. The van der Waals surface area contributed by atoms with Gasteiger partial charge in [-0.2, -0.15) is 0 Å². The summed E-state index contributed by atoms with van der Waals surface area (Å²) >= 11 is 1.76. The van der Waals surface area contributed by atoms with Crippen molar-refractivity contribution in [3.63, 3.8) is 0 Å². The van der Waals surface area contributed by atoms with Crippen molar-refractivity contribution in [1.29, 1.82) is 0 Å². The van der Waals surface area contributed by atoms with Crippen LogP contribution < -0.4 is 9.47 Å². The highest BCUT2D eigenvalue weighted by Crippen LogP contribution is 2.63. The third-order valence-electron chi connectivity index (χ3n) is 11.8. The summed E-state index contributed by atoms with van der Waals surface area (Å²) in [4.78, 5) is 7.35. The van der Waals surface area contributed by atoms with Gasteiger partial charge in [-0.3, -0.25) is 0 Å². The molecule has 5 aromatic rings. The van der Waals surface area contributed by atoms with Gasteiger partial charge in [0.05, 0.1) is 23.5 Å². The number of allylic oxidation sites excluding steroid dienone is 1. The standard InChI is InChI=1S/C50H53NO6S/c1-2-29-54-50-47(58-41-20-7-4-8-21-41)33-45(51-55-34-35-15-5-3-6-16-35)43-31-38(19-11-13-27-52)42(22-12-14-28-53)48(49(43)50)44-32-40(25-26-46(44)57-50)56-39-24-23-36-17-9-10-18-37(36)30-39/h2-10,15-18,20-21,23-26,30-32,38,42,47-49,52-53H,1,11-14,19,22,27-29,33-34H2/t38-,42+,47-,48+,49+,50+/m0/s1. The Morgan fingerprint density at radius 3 is 2.28 bits per heavy atom. The Morgan fingerprint density at radius 2 is 1.50 bits per heavy atom. The predicted octanol–water partition coefficient (Wildman–Crippen LogP) is 11.3. The van der Waals surface area contributed by atoms with Crippen LogP contribution in [-0.4, -0.2) is 46.8 Å². The van der Waals surface area contributed by atoms with Gasteiger partial charge in [0.1, 0.15) is 23.9 Å². The van der Waals surface area contributed by atoms with Crippen molar-refractivity contribution < 1.29 is 29.3 Å². The first-order valence-corrected chi connectivity index (χ1v) is 21.6. The molecule has 1 heterocycles. The fraction of sp³-hybridized carbons (Fsp3) is 0.340. The summed E-state index contributed by atoms with van der Waals surface area (Å²) in [5.74, 6) is 1.34. The third-order valence-corrected chi connectivity index (χ3v) is 13.2. The van der Waals surface area contributed by atoms with Crippen LogP contribution in [0.15, 0.2) is 156 Å². The minimum atomic E-state index is -1.07. The van der Waals surface area contributed by atoms with Crippen molar-refractivity contribution in [3.05, 3.63) is 157 Å². The minimum Gasteiger partial charge on any atom is -0.460 e. The minimum absolute atomic E-state index is 0.0370. The second kappa shape index (κ2) is 18.8. The van der Waals surface area contributed by atoms with Gasteiger partial charge in [-0.25, -0.2) is 0 Å². The second-order valence-electron chi connectivity index (χ2n) is 15.5. The lowest BCUT2D eigenvalue weighted by molar-refractivity contribution is -0.223. The topological polar surface area (TPSA) is 89.7 Å². The molecule has 300 valence electrons. The molecule has 0 spiro atoms. The number of nitrogens with zero attached hydrogens (tertiary/aromatic N) is 1. The van der Waals surface area contributed by atoms with Gasteiger partial charge in [0.15, 0.2) is 0 Å². The van der Waals surface area contributed by atoms with Crippen molar-refractivity contribution in [2.45, 2.75) is 73.4 Å². The van der Waals surface area contributed by atoms with E-state index >= 15 is 0 Å². The highest BCUT2D eigenvalue weighted by molar-refractivity contribution is 8.00. The number of unbranched alkanes of at least 4 members (excludes halogenated alkanes) is 2. The Morgan fingerprint density at radius 1 is 0.793 bits per heavy atom. The molecular weight excluding hydrogens is 743 g/mol. The Bertz CT molecular complexity index is 2210. The lowest BCUT2D eigenvalue weighted by Gasteiger charge is -2.58. The van der Waals surface area contributed by atoms with Crippen molar-refractivity contribution in [2.24, 2.45) is 22.9 Å². The summed E-state index contributed by atoms with van der Waals surface area (Å²) in [6.07, 6.45) is 9.90. The first kappa shape index (κ1) is 39.9. The fourth-order valence-corrected chi connectivity index (χ4v) is 10.6. The molecule has 8 heteroatoms. The predicted molar refractivity (Wildman–Crippen MR) is 233 cm³/mol. The van der Waals surface area contributed by atoms with E-state index < -0.39 is 5.79 Å². The second-order valence-corrected chi connectivity index (χ2v) is 16.8. The van der Waals surface area contributed by atoms with Crippen LogP contribution in [0.5, 0.6) is 17.2 Å². The Labute approximate surface area is 346 Å². The van der Waals surface area contributed by atoms with Crippen molar-refractivity contribution in [1.82, 2.24) is 0 Å². The van der Waals surface area contributed by atoms with Crippen molar-refractivity contribution in [3.8, 4) is 17.2 Å². The van der Waals surface area contributed by atoms with Gasteiger partial charge in [0, 0.05) is 36.0 Å². The van der Waals surface area contributed by atoms with Gasteiger partial charge in [-0.15, -0.1) is 18.3 Å². The Hall–Kier alpha value is -4.86. The molecule has 0 amide bonds. The summed E-state index contributed by atoms with van der Waals surface area (Å²) in [5, 5.41) is 26.9. The van der Waals surface area contributed by atoms with Crippen molar-refractivity contribution >= 4 is 28.2 Å². The number of aliphatic hydroxyl groups is 2. The number of thioether (sulfide) groups is 1. The summed E-state index contributed by atoms with van der Waals surface area (Å²) in [5.41, 5.74) is 4.15. The number of aliphatic hydroxyl groups excluding tert-OH is 2. The Kier molecular flexibility index (Phi) is 13.0. The SMILES string of the molecule is C=CCO[C@@]12Oc3ccc(Oc4ccc5ccccc5c4)cc3[C@H]3[C@H](CCCCO)[C@@H](CCCCO)C=C(C(=NOCc4ccccc4)C[C@@H]1Sc1ccccc1)[C@H]32. The number of fused-ring (bicyclic) bond motifs is 3. The van der Waals surface area contributed by atoms with E-state index in [0.717, 1.165) is 93.9 Å². The zero-order chi connectivity index (χ0) is 39.7. The van der Waals surface area contributed by atoms with Gasteiger partial charge in [0.25, 0.3) is 0 Å². The van der Waals surface area contributed by atoms with E-state index in [2.05, 4.69) is 85.5 Å². The van der Waals surface area contributed by atoms with Crippen LogP contribution in [-0.2, 0) is 16.2 Å². The molecule has 5 aromatic carbocycles. The molecule has 2 N–H and O–H groups in total. The molecular formula is C50H53NO6S. The molecule has 6 atom stereocenters. The average molecular weight is 796 g/mol. The maximum atomic E-state index is 9.97. The van der Waals surface area contributed by atoms with E-state index in [1.165, 1.54) is 0 Å². The van der Waals surface area contributed by atoms with Crippen LogP contribution in [0.3, 0.4) is 0 Å². The zero-order valence-corrected chi connectivity index (χ0v) is 33.8. The average Bonchev–Trinajstić information content (AvgIpc) is 3.26. The number of hydrogen-bond acceptors (Lipinski definition) is 8. The highest BCUT2D eigenvalue weighted by atomic mass is 32.2. The molecule has 1 aliphatic heterocycles. The molecule has 3 aliphatic rings. The smallest absolute Gasteiger partial charge is 0.231 e. The molecule has 7 nitrogen and oxygen atoms in total. The molecule has 0 radical (unpaired) electrons. The summed E-state index contributed by atoms with van der Waals surface area (Å²) in [6.45, 7) is 5.06. The van der Waals surface area contributed by atoms with Gasteiger partial charge >= 0.3 is 0 Å². The summed E-state index contributed by atoms with van der Waals surface area (Å²) in [7, 11) is 0. The number of benzene rings is 5. The van der Waals surface area contributed by atoms with Gasteiger partial charge in [-0.05, 0) is 102 Å². The molecule has 1 fully saturated rings. The molecule has 2 aliphatic carbocycles. The monoisotopic (exact) mass is 795 g/mol. The first-order valence-electron chi connectivity index (χ1n) is 20.7. The maximum Gasteiger partial charge on any atom is 0.231 e. The highest BCUT2D eigenvalue weighted by Gasteiger charge is 2.64. The van der Waals surface area contributed by atoms with Gasteiger partial charge < -0.3 is 29.3 Å². The van der Waals surface area contributed by atoms with Crippen LogP contribution in [0.1, 0.15) is 62.0 Å². The summed E-state index contributed by atoms with van der Waals surface area (Å²) < 4.78 is 21.1. The number of oxime groups is 1. The van der Waals surface area contributed by atoms with E-state index in [9.17, 15) is 10.2 Å². The fourth-order valence-electron chi connectivity index (χ4n) is 9.28. The Balaban J connectivity index is 1.28. The van der Waals surface area contributed by atoms with Crippen molar-refractivity contribution in [2.75, 3.05) is 19.8 Å². The lowest BCUT2D eigenvalue weighted by Crippen LogP contribution is -2.64. The maximum absolute atomic E-state index is 9.97. The third kappa shape index (κ3) is 8.62. The largest absolute Gasteiger partial charge is 0.460 e. The van der Waals surface area contributed by atoms with E-state index in [0.29, 0.717) is 19.6 Å². The number of rotatable bonds is 18. The normalized spacial score (nSPS) is 24.0. The molecule has 1 saturated carbocycles. The summed E-state index contributed by atoms with van der Waals surface area (Å²) in [6, 6.07) is 41.3. The van der Waals surface area contributed by atoms with Crippen LogP contribution >= 0.6 is 11.8 Å². The van der Waals surface area contributed by atoms with Crippen LogP contribution in [0.2, 0.25) is 0 Å². The van der Waals surface area contributed by atoms with E-state index in [-0.39, 0.29) is 42.1 Å². The first-order chi connectivity index (χ1) is 28.6.